The van der Waals surface area contributed by atoms with Crippen LogP contribution in [0.25, 0.3) is 10.8 Å². The third-order valence-electron chi connectivity index (χ3n) is 3.05. The predicted molar refractivity (Wildman–Crippen MR) is 78.7 cm³/mol. The molecule has 0 spiro atoms. The number of hydrogen-bond acceptors (Lipinski definition) is 2. The van der Waals surface area contributed by atoms with Crippen molar-refractivity contribution in [1.29, 1.82) is 0 Å². The van der Waals surface area contributed by atoms with Crippen molar-refractivity contribution >= 4 is 10.8 Å². The summed E-state index contributed by atoms with van der Waals surface area (Å²) in [5.74, 6) is 0. The van der Waals surface area contributed by atoms with E-state index in [1.807, 2.05) is 0 Å². The Morgan fingerprint density at radius 2 is 1.17 bits per heavy atom. The second-order valence-electron chi connectivity index (χ2n) is 5.41. The van der Waals surface area contributed by atoms with Crippen LogP contribution in [0, 0.1) is 0 Å². The largest absolute Gasteiger partial charge is 0.305 e. The Balaban J connectivity index is 2.56. The van der Waals surface area contributed by atoms with E-state index in [0.29, 0.717) is 0 Å². The molecule has 0 unspecified atom stereocenters. The summed E-state index contributed by atoms with van der Waals surface area (Å²) in [6.45, 7) is 1.98. The Labute approximate surface area is 110 Å². The van der Waals surface area contributed by atoms with Crippen molar-refractivity contribution in [2.45, 2.75) is 13.1 Å². The van der Waals surface area contributed by atoms with E-state index in [9.17, 15) is 0 Å². The molecule has 0 bridgehead atoms. The van der Waals surface area contributed by atoms with Gasteiger partial charge < -0.3 is 9.80 Å². The van der Waals surface area contributed by atoms with E-state index < -0.39 is 0 Å². The van der Waals surface area contributed by atoms with E-state index in [0.717, 1.165) is 13.1 Å². The minimum atomic E-state index is 0.988. The van der Waals surface area contributed by atoms with Gasteiger partial charge in [-0.15, -0.1) is 0 Å². The van der Waals surface area contributed by atoms with Gasteiger partial charge in [0.05, 0.1) is 0 Å². The van der Waals surface area contributed by atoms with Crippen molar-refractivity contribution in [1.82, 2.24) is 9.80 Å². The monoisotopic (exact) mass is 242 g/mol. The minimum absolute atomic E-state index is 0.988. The number of hydrogen-bond donors (Lipinski definition) is 0. The van der Waals surface area contributed by atoms with Gasteiger partial charge in [-0.1, -0.05) is 36.4 Å². The fourth-order valence-electron chi connectivity index (χ4n) is 2.45. The quantitative estimate of drug-likeness (QED) is 0.813. The third-order valence-corrected chi connectivity index (χ3v) is 3.05. The summed E-state index contributed by atoms with van der Waals surface area (Å²) in [4.78, 5) is 4.45. The Bertz CT molecular complexity index is 485. The lowest BCUT2D eigenvalue weighted by molar-refractivity contribution is 0.399. The summed E-state index contributed by atoms with van der Waals surface area (Å²) in [6, 6.07) is 13.2. The van der Waals surface area contributed by atoms with Crippen molar-refractivity contribution < 1.29 is 0 Å². The molecule has 2 heteroatoms. The van der Waals surface area contributed by atoms with Gasteiger partial charge in [-0.25, -0.2) is 0 Å². The first-order chi connectivity index (χ1) is 8.58. The van der Waals surface area contributed by atoms with E-state index in [4.69, 9.17) is 0 Å². The van der Waals surface area contributed by atoms with Gasteiger partial charge in [0, 0.05) is 13.1 Å². The first-order valence-corrected chi connectivity index (χ1v) is 6.37. The first kappa shape index (κ1) is 13.1. The van der Waals surface area contributed by atoms with Crippen LogP contribution in [0.1, 0.15) is 11.1 Å². The average molecular weight is 242 g/mol. The Hall–Kier alpha value is -1.38. The number of rotatable bonds is 4. The van der Waals surface area contributed by atoms with Crippen molar-refractivity contribution in [2.24, 2.45) is 0 Å². The molecule has 0 aliphatic rings. The number of nitrogens with zero attached hydrogens (tertiary/aromatic N) is 2. The smallest absolute Gasteiger partial charge is 0.0233 e. The van der Waals surface area contributed by atoms with E-state index in [2.05, 4.69) is 74.4 Å². The standard InChI is InChI=1S/C16H22N2/c1-17(2)11-14-9-5-7-13-8-6-10-15(16(13)14)12-18(3)4/h5-10H,11-12H2,1-4H3. The zero-order chi connectivity index (χ0) is 13.1. The maximum absolute atomic E-state index is 2.24. The molecule has 2 nitrogen and oxygen atoms in total. The molecule has 96 valence electrons. The zero-order valence-electron chi connectivity index (χ0n) is 11.8. The normalized spacial score (nSPS) is 11.7. The SMILES string of the molecule is CN(C)Cc1cccc2cccc(CN(C)C)c12. The molecular formula is C16H22N2. The average Bonchev–Trinajstić information content (AvgIpc) is 2.27. The van der Waals surface area contributed by atoms with Crippen LogP contribution in [0.3, 0.4) is 0 Å². The molecule has 0 aliphatic heterocycles. The molecule has 0 aromatic heterocycles. The lowest BCUT2D eigenvalue weighted by Crippen LogP contribution is -2.13. The van der Waals surface area contributed by atoms with E-state index in [-0.39, 0.29) is 0 Å². The van der Waals surface area contributed by atoms with Gasteiger partial charge in [0.15, 0.2) is 0 Å². The van der Waals surface area contributed by atoms with E-state index >= 15 is 0 Å². The van der Waals surface area contributed by atoms with Crippen molar-refractivity contribution in [3.8, 4) is 0 Å². The fourth-order valence-corrected chi connectivity index (χ4v) is 2.45. The molecule has 0 fully saturated rings. The number of fused-ring (bicyclic) bond motifs is 1. The number of benzene rings is 2. The summed E-state index contributed by atoms with van der Waals surface area (Å²) in [7, 11) is 8.47. The molecule has 0 saturated carbocycles. The Kier molecular flexibility index (Phi) is 4.00. The van der Waals surface area contributed by atoms with Crippen LogP contribution in [0.4, 0.5) is 0 Å². The molecule has 18 heavy (non-hydrogen) atoms. The van der Waals surface area contributed by atoms with Crippen LogP contribution < -0.4 is 0 Å². The van der Waals surface area contributed by atoms with Gasteiger partial charge in [-0.2, -0.15) is 0 Å². The maximum atomic E-state index is 2.24. The molecule has 2 aromatic rings. The first-order valence-electron chi connectivity index (χ1n) is 6.37. The molecule has 2 rings (SSSR count). The van der Waals surface area contributed by atoms with Crippen molar-refractivity contribution in [3.63, 3.8) is 0 Å². The summed E-state index contributed by atoms with van der Waals surface area (Å²) < 4.78 is 0. The fraction of sp³-hybridized carbons (Fsp3) is 0.375. The van der Waals surface area contributed by atoms with Crippen LogP contribution >= 0.6 is 0 Å². The topological polar surface area (TPSA) is 6.48 Å². The van der Waals surface area contributed by atoms with Crippen molar-refractivity contribution in [2.75, 3.05) is 28.2 Å². The van der Waals surface area contributed by atoms with Crippen LogP contribution in [0.5, 0.6) is 0 Å². The van der Waals surface area contributed by atoms with Gasteiger partial charge in [-0.05, 0) is 50.1 Å². The van der Waals surface area contributed by atoms with Crippen LogP contribution in [-0.4, -0.2) is 38.0 Å². The summed E-state index contributed by atoms with van der Waals surface area (Å²) in [5, 5.41) is 2.76. The molecule has 0 aliphatic carbocycles. The Morgan fingerprint density at radius 3 is 1.56 bits per heavy atom. The van der Waals surface area contributed by atoms with Gasteiger partial charge in [0.2, 0.25) is 0 Å². The predicted octanol–water partition coefficient (Wildman–Crippen LogP) is 2.96. The van der Waals surface area contributed by atoms with E-state index in [1.54, 1.807) is 0 Å². The lowest BCUT2D eigenvalue weighted by atomic mass is 9.98. The summed E-state index contributed by atoms with van der Waals surface area (Å²) in [6.07, 6.45) is 0. The molecule has 0 N–H and O–H groups in total. The van der Waals surface area contributed by atoms with Gasteiger partial charge in [0.25, 0.3) is 0 Å². The van der Waals surface area contributed by atoms with Crippen LogP contribution in [-0.2, 0) is 13.1 Å². The van der Waals surface area contributed by atoms with Gasteiger partial charge in [0.1, 0.15) is 0 Å². The lowest BCUT2D eigenvalue weighted by Gasteiger charge is -2.17. The van der Waals surface area contributed by atoms with Gasteiger partial charge in [-0.3, -0.25) is 0 Å². The highest BCUT2D eigenvalue weighted by atomic mass is 15.1. The highest BCUT2D eigenvalue weighted by Gasteiger charge is 2.07. The minimum Gasteiger partial charge on any atom is -0.305 e. The van der Waals surface area contributed by atoms with Crippen molar-refractivity contribution in [3.05, 3.63) is 47.5 Å². The second-order valence-corrected chi connectivity index (χ2v) is 5.41. The molecule has 0 saturated heterocycles. The molecular weight excluding hydrogens is 220 g/mol. The highest BCUT2D eigenvalue weighted by Crippen LogP contribution is 2.24. The van der Waals surface area contributed by atoms with Crippen LogP contribution in [0.15, 0.2) is 36.4 Å². The summed E-state index contributed by atoms with van der Waals surface area (Å²) >= 11 is 0. The molecule has 0 radical (unpaired) electrons. The highest BCUT2D eigenvalue weighted by molar-refractivity contribution is 5.88. The summed E-state index contributed by atoms with van der Waals surface area (Å²) in [5.41, 5.74) is 2.82. The molecule has 0 amide bonds. The third kappa shape index (κ3) is 2.89. The van der Waals surface area contributed by atoms with E-state index in [1.165, 1.54) is 21.9 Å². The van der Waals surface area contributed by atoms with Crippen LogP contribution in [0.2, 0.25) is 0 Å². The molecule has 0 atom stereocenters. The molecule has 2 aromatic carbocycles. The molecule has 0 heterocycles. The Morgan fingerprint density at radius 1 is 0.722 bits per heavy atom. The van der Waals surface area contributed by atoms with Gasteiger partial charge >= 0.3 is 0 Å². The zero-order valence-corrected chi connectivity index (χ0v) is 11.8. The second kappa shape index (κ2) is 5.51. The maximum Gasteiger partial charge on any atom is 0.0233 e.